The molecule has 1 aromatic heterocycles. The van der Waals surface area contributed by atoms with Gasteiger partial charge in [-0.25, -0.2) is 9.97 Å². The highest BCUT2D eigenvalue weighted by atomic mass is 16.5. The molecular weight excluding hydrogens is 332 g/mol. The van der Waals surface area contributed by atoms with Crippen LogP contribution in [0.3, 0.4) is 0 Å². The summed E-state index contributed by atoms with van der Waals surface area (Å²) in [5.41, 5.74) is 5.79. The molecule has 0 saturated heterocycles. The normalized spacial score (nSPS) is 28.8. The van der Waals surface area contributed by atoms with Gasteiger partial charge in [0.05, 0.1) is 11.7 Å². The second-order valence-corrected chi connectivity index (χ2v) is 7.77. The molecule has 26 heavy (non-hydrogen) atoms. The highest BCUT2D eigenvalue weighted by molar-refractivity contribution is 5.97. The fourth-order valence-electron chi connectivity index (χ4n) is 4.19. The van der Waals surface area contributed by atoms with E-state index in [1.807, 2.05) is 0 Å². The van der Waals surface area contributed by atoms with Gasteiger partial charge in [-0.05, 0) is 56.8 Å². The number of primary amides is 1. The van der Waals surface area contributed by atoms with Crippen molar-refractivity contribution in [1.82, 2.24) is 9.97 Å². The summed E-state index contributed by atoms with van der Waals surface area (Å²) >= 11 is 0. The summed E-state index contributed by atoms with van der Waals surface area (Å²) in [7, 11) is 1.76. The summed E-state index contributed by atoms with van der Waals surface area (Å²) in [6.45, 7) is 0.845. The Morgan fingerprint density at radius 1 is 1.27 bits per heavy atom. The van der Waals surface area contributed by atoms with E-state index in [-0.39, 0.29) is 12.1 Å². The van der Waals surface area contributed by atoms with E-state index in [0.29, 0.717) is 29.6 Å². The average molecular weight is 362 g/mol. The number of ether oxygens (including phenoxy) is 1. The van der Waals surface area contributed by atoms with E-state index in [1.165, 1.54) is 19.0 Å². The Morgan fingerprint density at radius 2 is 2.00 bits per heavy atom. The average Bonchev–Trinajstić information content (AvgIpc) is 3.02. The standard InChI is InChI=1S/C19H30N4O3/c1-26-11-13-4-2-12(3-5-13)8-17-21-10-16(18(20)25)19(23-17)22-14-6-7-15(24)9-14/h10,12-15,24H,2-9,11H2,1H3,(H2,20,25)(H,21,22,23)/t12?,13?,14?,15-/m1/s1. The Labute approximate surface area is 154 Å². The third-order valence-corrected chi connectivity index (χ3v) is 5.69. The lowest BCUT2D eigenvalue weighted by atomic mass is 9.81. The number of carbonyl (C=O) groups is 1. The molecule has 0 aliphatic heterocycles. The van der Waals surface area contributed by atoms with Gasteiger partial charge in [-0.1, -0.05) is 0 Å². The lowest BCUT2D eigenvalue weighted by molar-refractivity contribution is 0.100. The maximum atomic E-state index is 11.7. The SMILES string of the molecule is COCC1CCC(Cc2ncc(C(N)=O)c(NC3CC[C@@H](O)C3)n2)CC1. The molecule has 0 spiro atoms. The summed E-state index contributed by atoms with van der Waals surface area (Å²) < 4.78 is 5.26. The number of methoxy groups -OCH3 is 1. The van der Waals surface area contributed by atoms with E-state index in [2.05, 4.69) is 15.3 Å². The van der Waals surface area contributed by atoms with Crippen molar-refractivity contribution in [1.29, 1.82) is 0 Å². The van der Waals surface area contributed by atoms with Gasteiger partial charge >= 0.3 is 0 Å². The van der Waals surface area contributed by atoms with Crippen LogP contribution in [0.25, 0.3) is 0 Å². The summed E-state index contributed by atoms with van der Waals surface area (Å²) in [6.07, 6.45) is 9.06. The minimum Gasteiger partial charge on any atom is -0.393 e. The van der Waals surface area contributed by atoms with Crippen molar-refractivity contribution >= 4 is 11.7 Å². The van der Waals surface area contributed by atoms with Gasteiger partial charge < -0.3 is 20.9 Å². The maximum absolute atomic E-state index is 11.7. The van der Waals surface area contributed by atoms with Crippen LogP contribution in [0.15, 0.2) is 6.20 Å². The van der Waals surface area contributed by atoms with Crippen LogP contribution in [0.1, 0.15) is 61.1 Å². The molecule has 1 unspecified atom stereocenters. The zero-order chi connectivity index (χ0) is 18.5. The molecule has 0 bridgehead atoms. The Hall–Kier alpha value is -1.73. The van der Waals surface area contributed by atoms with Crippen LogP contribution in [0, 0.1) is 11.8 Å². The lowest BCUT2D eigenvalue weighted by Crippen LogP contribution is -2.24. The maximum Gasteiger partial charge on any atom is 0.254 e. The molecule has 2 atom stereocenters. The predicted octanol–water partition coefficient (Wildman–Crippen LogP) is 1.90. The van der Waals surface area contributed by atoms with Gasteiger partial charge in [0.2, 0.25) is 0 Å². The topological polar surface area (TPSA) is 110 Å². The molecule has 144 valence electrons. The molecule has 1 aromatic rings. The Kier molecular flexibility index (Phi) is 6.43. The number of aromatic nitrogens is 2. The zero-order valence-corrected chi connectivity index (χ0v) is 15.5. The van der Waals surface area contributed by atoms with Crippen LogP contribution in [0.2, 0.25) is 0 Å². The van der Waals surface area contributed by atoms with Gasteiger partial charge in [-0.2, -0.15) is 0 Å². The van der Waals surface area contributed by atoms with Gasteiger partial charge in [-0.3, -0.25) is 4.79 Å². The van der Waals surface area contributed by atoms with Crippen molar-refractivity contribution in [3.8, 4) is 0 Å². The van der Waals surface area contributed by atoms with Crippen molar-refractivity contribution in [2.45, 2.75) is 63.5 Å². The van der Waals surface area contributed by atoms with Gasteiger partial charge in [0, 0.05) is 32.4 Å². The van der Waals surface area contributed by atoms with E-state index in [0.717, 1.165) is 44.5 Å². The molecule has 2 fully saturated rings. The van der Waals surface area contributed by atoms with Gasteiger partial charge in [-0.15, -0.1) is 0 Å². The van der Waals surface area contributed by atoms with Crippen LogP contribution in [-0.4, -0.2) is 46.8 Å². The number of nitrogens with zero attached hydrogens (tertiary/aromatic N) is 2. The number of aliphatic hydroxyl groups is 1. The first-order chi connectivity index (χ1) is 12.5. The predicted molar refractivity (Wildman–Crippen MR) is 98.8 cm³/mol. The number of anilines is 1. The first kappa shape index (κ1) is 19.0. The molecule has 1 amide bonds. The second-order valence-electron chi connectivity index (χ2n) is 7.77. The zero-order valence-electron chi connectivity index (χ0n) is 15.5. The van der Waals surface area contributed by atoms with Crippen LogP contribution in [0.4, 0.5) is 5.82 Å². The highest BCUT2D eigenvalue weighted by Gasteiger charge is 2.26. The Balaban J connectivity index is 1.64. The number of carbonyl (C=O) groups excluding carboxylic acids is 1. The number of hydrogen-bond donors (Lipinski definition) is 3. The summed E-state index contributed by atoms with van der Waals surface area (Å²) in [4.78, 5) is 20.7. The minimum atomic E-state index is -0.530. The third-order valence-electron chi connectivity index (χ3n) is 5.69. The Morgan fingerprint density at radius 3 is 2.62 bits per heavy atom. The third kappa shape index (κ3) is 4.92. The number of hydrogen-bond acceptors (Lipinski definition) is 6. The first-order valence-corrected chi connectivity index (χ1v) is 9.64. The molecule has 2 saturated carbocycles. The van der Waals surface area contributed by atoms with Gasteiger partial charge in [0.25, 0.3) is 5.91 Å². The first-order valence-electron chi connectivity index (χ1n) is 9.64. The van der Waals surface area contributed by atoms with Crippen molar-refractivity contribution in [3.05, 3.63) is 17.6 Å². The summed E-state index contributed by atoms with van der Waals surface area (Å²) in [5, 5.41) is 13.0. The molecule has 4 N–H and O–H groups in total. The molecule has 7 heteroatoms. The molecule has 0 aromatic carbocycles. The van der Waals surface area contributed by atoms with Crippen LogP contribution in [-0.2, 0) is 11.2 Å². The van der Waals surface area contributed by atoms with Gasteiger partial charge in [0.1, 0.15) is 11.6 Å². The number of rotatable bonds is 7. The molecule has 2 aliphatic carbocycles. The lowest BCUT2D eigenvalue weighted by Gasteiger charge is -2.27. The number of aliphatic hydroxyl groups excluding tert-OH is 1. The van der Waals surface area contributed by atoms with Crippen molar-refractivity contribution in [2.24, 2.45) is 17.6 Å². The van der Waals surface area contributed by atoms with Crippen LogP contribution >= 0.6 is 0 Å². The molecule has 7 nitrogen and oxygen atoms in total. The molecule has 0 radical (unpaired) electrons. The smallest absolute Gasteiger partial charge is 0.254 e. The van der Waals surface area contributed by atoms with E-state index < -0.39 is 5.91 Å². The van der Waals surface area contributed by atoms with Crippen LogP contribution in [0.5, 0.6) is 0 Å². The highest BCUT2D eigenvalue weighted by Crippen LogP contribution is 2.31. The summed E-state index contributed by atoms with van der Waals surface area (Å²) in [6, 6.07) is 0.121. The van der Waals surface area contributed by atoms with Gasteiger partial charge in [0.15, 0.2) is 0 Å². The van der Waals surface area contributed by atoms with Crippen LogP contribution < -0.4 is 11.1 Å². The minimum absolute atomic E-state index is 0.121. The molecule has 2 aliphatic rings. The number of nitrogens with two attached hydrogens (primary N) is 1. The fourth-order valence-corrected chi connectivity index (χ4v) is 4.19. The quantitative estimate of drug-likeness (QED) is 0.683. The fraction of sp³-hybridized carbons (Fsp3) is 0.737. The van der Waals surface area contributed by atoms with E-state index in [1.54, 1.807) is 7.11 Å². The molecule has 3 rings (SSSR count). The van der Waals surface area contributed by atoms with E-state index >= 15 is 0 Å². The monoisotopic (exact) mass is 362 g/mol. The van der Waals surface area contributed by atoms with Crippen molar-refractivity contribution in [3.63, 3.8) is 0 Å². The molecule has 1 heterocycles. The van der Waals surface area contributed by atoms with E-state index in [9.17, 15) is 9.90 Å². The van der Waals surface area contributed by atoms with Crippen molar-refractivity contribution in [2.75, 3.05) is 19.0 Å². The molecular formula is C19H30N4O3. The summed E-state index contributed by atoms with van der Waals surface area (Å²) in [5.74, 6) is 1.97. The number of nitrogens with one attached hydrogen (secondary N) is 1. The Bertz CT molecular complexity index is 617. The largest absolute Gasteiger partial charge is 0.393 e. The van der Waals surface area contributed by atoms with Crippen molar-refractivity contribution < 1.29 is 14.6 Å². The van der Waals surface area contributed by atoms with E-state index in [4.69, 9.17) is 10.5 Å². The second kappa shape index (κ2) is 8.77. The number of amides is 1.